The summed E-state index contributed by atoms with van der Waals surface area (Å²) in [5, 5.41) is 3.29. The second kappa shape index (κ2) is 7.19. The molecule has 0 spiro atoms. The lowest BCUT2D eigenvalue weighted by Gasteiger charge is -2.34. The molecule has 0 aliphatic carbocycles. The molecule has 1 saturated heterocycles. The van der Waals surface area contributed by atoms with Crippen molar-refractivity contribution in [2.24, 2.45) is 5.92 Å². The molecule has 5 nitrogen and oxygen atoms in total. The van der Waals surface area contributed by atoms with Crippen molar-refractivity contribution in [3.63, 3.8) is 0 Å². The Hall–Kier alpha value is -2.86. The molecule has 0 radical (unpaired) electrons. The Morgan fingerprint density at radius 3 is 2.79 bits per heavy atom. The average Bonchev–Trinajstić information content (AvgIpc) is 3.32. The molecule has 0 atom stereocenters. The number of rotatable bonds is 3. The maximum atomic E-state index is 13.5. The van der Waals surface area contributed by atoms with Crippen LogP contribution in [0.15, 0.2) is 42.6 Å². The average molecular weight is 392 g/mol. The lowest BCUT2D eigenvalue weighted by molar-refractivity contribution is -0.130. The number of halogens is 1. The lowest BCUT2D eigenvalue weighted by atomic mass is 9.96. The highest BCUT2D eigenvalue weighted by atomic mass is 19.1. The summed E-state index contributed by atoms with van der Waals surface area (Å²) in [6.45, 7) is 5.14. The number of nitrogens with one attached hydrogen (secondary N) is 2. The molecule has 1 aromatic heterocycles. The van der Waals surface area contributed by atoms with E-state index in [-0.39, 0.29) is 11.7 Å². The van der Waals surface area contributed by atoms with Crippen molar-refractivity contribution in [2.75, 3.05) is 24.6 Å². The summed E-state index contributed by atoms with van der Waals surface area (Å²) in [4.78, 5) is 16.7. The molecule has 1 fully saturated rings. The van der Waals surface area contributed by atoms with E-state index in [2.05, 4.69) is 33.6 Å². The smallest absolute Gasteiger partial charge is 0.219 e. The third-order valence-electron chi connectivity index (χ3n) is 6.29. The van der Waals surface area contributed by atoms with Crippen molar-refractivity contribution in [1.29, 1.82) is 0 Å². The van der Waals surface area contributed by atoms with Gasteiger partial charge in [-0.1, -0.05) is 12.1 Å². The Morgan fingerprint density at radius 2 is 2.00 bits per heavy atom. The minimum absolute atomic E-state index is 0.177. The number of piperidine rings is 1. The number of aromatic amines is 1. The van der Waals surface area contributed by atoms with Crippen molar-refractivity contribution >= 4 is 22.5 Å². The highest BCUT2D eigenvalue weighted by Crippen LogP contribution is 2.35. The van der Waals surface area contributed by atoms with Crippen LogP contribution in [0.3, 0.4) is 0 Å². The fourth-order valence-electron chi connectivity index (χ4n) is 4.59. The highest BCUT2D eigenvalue weighted by Gasteiger charge is 2.26. The van der Waals surface area contributed by atoms with Gasteiger partial charge in [0.25, 0.3) is 0 Å². The third kappa shape index (κ3) is 3.38. The zero-order valence-electron chi connectivity index (χ0n) is 16.5. The van der Waals surface area contributed by atoms with Gasteiger partial charge in [0.2, 0.25) is 5.91 Å². The molecule has 150 valence electrons. The van der Waals surface area contributed by atoms with E-state index in [0.717, 1.165) is 61.1 Å². The fraction of sp³-hybridized carbons (Fsp3) is 0.348. The van der Waals surface area contributed by atoms with Crippen molar-refractivity contribution in [3.05, 3.63) is 54.0 Å². The number of fused-ring (bicyclic) bond motifs is 2. The second-order valence-electron chi connectivity index (χ2n) is 8.13. The number of likely N-dealkylation sites (tertiary alicyclic amines) is 1. The van der Waals surface area contributed by atoms with Crippen LogP contribution < -0.4 is 10.4 Å². The van der Waals surface area contributed by atoms with Gasteiger partial charge in [0, 0.05) is 55.8 Å². The van der Waals surface area contributed by atoms with Gasteiger partial charge in [0.05, 0.1) is 5.69 Å². The van der Waals surface area contributed by atoms with Crippen molar-refractivity contribution in [2.45, 2.75) is 26.3 Å². The predicted octanol–water partition coefficient (Wildman–Crippen LogP) is 4.06. The number of amides is 1. The molecule has 29 heavy (non-hydrogen) atoms. The van der Waals surface area contributed by atoms with Crippen LogP contribution in [0.2, 0.25) is 0 Å². The van der Waals surface area contributed by atoms with E-state index >= 15 is 0 Å². The van der Waals surface area contributed by atoms with Crippen LogP contribution in [-0.2, 0) is 11.3 Å². The van der Waals surface area contributed by atoms with Gasteiger partial charge in [-0.25, -0.2) is 9.82 Å². The summed E-state index contributed by atoms with van der Waals surface area (Å²) in [6, 6.07) is 11.4. The normalized spacial score (nSPS) is 17.2. The molecule has 2 aliphatic rings. The van der Waals surface area contributed by atoms with Crippen LogP contribution in [-0.4, -0.2) is 35.4 Å². The molecule has 3 heterocycles. The summed E-state index contributed by atoms with van der Waals surface area (Å²) in [6.07, 6.45) is 4.04. The van der Waals surface area contributed by atoms with Gasteiger partial charge in [0.1, 0.15) is 5.82 Å². The highest BCUT2D eigenvalue weighted by molar-refractivity contribution is 5.96. The molecule has 3 aromatic rings. The van der Waals surface area contributed by atoms with E-state index in [1.54, 1.807) is 6.92 Å². The first kappa shape index (κ1) is 18.2. The zero-order valence-corrected chi connectivity index (χ0v) is 16.5. The lowest BCUT2D eigenvalue weighted by Crippen LogP contribution is -2.43. The van der Waals surface area contributed by atoms with Gasteiger partial charge in [-0.3, -0.25) is 4.79 Å². The Labute approximate surface area is 169 Å². The van der Waals surface area contributed by atoms with Crippen molar-refractivity contribution in [1.82, 2.24) is 15.3 Å². The number of hydrazine groups is 1. The summed E-state index contributed by atoms with van der Waals surface area (Å²) in [5.41, 5.74) is 9.05. The SMILES string of the molecule is CC(=O)N1CCC(CN2NCc3ccc(-c4c[nH]c5cc(F)ccc45)cc32)CC1. The second-order valence-corrected chi connectivity index (χ2v) is 8.13. The van der Waals surface area contributed by atoms with Crippen LogP contribution >= 0.6 is 0 Å². The van der Waals surface area contributed by atoms with Crippen molar-refractivity contribution < 1.29 is 9.18 Å². The monoisotopic (exact) mass is 392 g/mol. The molecular formula is C23H25FN4O. The van der Waals surface area contributed by atoms with Crippen LogP contribution in [0.1, 0.15) is 25.3 Å². The number of carbonyl (C=O) groups excluding carboxylic acids is 1. The van der Waals surface area contributed by atoms with E-state index in [1.807, 2.05) is 17.2 Å². The van der Waals surface area contributed by atoms with Gasteiger partial charge in [0.15, 0.2) is 0 Å². The number of benzene rings is 2. The Balaban J connectivity index is 1.37. The number of nitrogens with zero attached hydrogens (tertiary/aromatic N) is 2. The minimum atomic E-state index is -0.231. The number of anilines is 1. The maximum Gasteiger partial charge on any atom is 0.219 e. The topological polar surface area (TPSA) is 51.4 Å². The first-order valence-corrected chi connectivity index (χ1v) is 10.2. The Bertz CT molecular complexity index is 1070. The molecule has 2 N–H and O–H groups in total. The van der Waals surface area contributed by atoms with Crippen LogP contribution in [0.25, 0.3) is 22.0 Å². The first-order chi connectivity index (χ1) is 14.1. The van der Waals surface area contributed by atoms with Gasteiger partial charge in [-0.05, 0) is 54.2 Å². The molecule has 1 amide bonds. The molecule has 6 heteroatoms. The van der Waals surface area contributed by atoms with E-state index < -0.39 is 0 Å². The molecule has 0 bridgehead atoms. The molecule has 2 aromatic carbocycles. The van der Waals surface area contributed by atoms with Crippen LogP contribution in [0.4, 0.5) is 10.1 Å². The summed E-state index contributed by atoms with van der Waals surface area (Å²) in [5.74, 6) is 0.520. The van der Waals surface area contributed by atoms with Gasteiger partial charge >= 0.3 is 0 Å². The predicted molar refractivity (Wildman–Crippen MR) is 113 cm³/mol. The van der Waals surface area contributed by atoms with Gasteiger partial charge < -0.3 is 14.9 Å². The number of carbonyl (C=O) groups is 1. The molecule has 2 aliphatic heterocycles. The third-order valence-corrected chi connectivity index (χ3v) is 6.29. The largest absolute Gasteiger partial charge is 0.360 e. The molecule has 5 rings (SSSR count). The molecule has 0 unspecified atom stereocenters. The van der Waals surface area contributed by atoms with Crippen LogP contribution in [0, 0.1) is 11.7 Å². The Morgan fingerprint density at radius 1 is 1.17 bits per heavy atom. The van der Waals surface area contributed by atoms with E-state index in [4.69, 9.17) is 0 Å². The Kier molecular flexibility index (Phi) is 4.51. The fourth-order valence-corrected chi connectivity index (χ4v) is 4.59. The number of hydrogen-bond acceptors (Lipinski definition) is 3. The number of H-pyrrole nitrogens is 1. The summed E-state index contributed by atoms with van der Waals surface area (Å²) in [7, 11) is 0. The molecular weight excluding hydrogens is 367 g/mol. The van der Waals surface area contributed by atoms with Gasteiger partial charge in [-0.2, -0.15) is 0 Å². The zero-order chi connectivity index (χ0) is 20.0. The number of aromatic nitrogens is 1. The van der Waals surface area contributed by atoms with E-state index in [1.165, 1.54) is 23.4 Å². The van der Waals surface area contributed by atoms with E-state index in [9.17, 15) is 9.18 Å². The van der Waals surface area contributed by atoms with Crippen LogP contribution in [0.5, 0.6) is 0 Å². The minimum Gasteiger partial charge on any atom is -0.360 e. The van der Waals surface area contributed by atoms with Crippen molar-refractivity contribution in [3.8, 4) is 11.1 Å². The standard InChI is InChI=1S/C23H25FN4O/c1-15(29)27-8-6-16(7-9-27)14-28-23-10-17(2-3-18(23)12-26-28)21-13-25-22-11-19(24)4-5-20(21)22/h2-5,10-11,13,16,25-26H,6-9,12,14H2,1H3. The van der Waals surface area contributed by atoms with E-state index in [0.29, 0.717) is 5.92 Å². The number of hydrogen-bond donors (Lipinski definition) is 2. The quantitative estimate of drug-likeness (QED) is 0.707. The summed E-state index contributed by atoms with van der Waals surface area (Å²) >= 11 is 0. The first-order valence-electron chi connectivity index (χ1n) is 10.2. The molecule has 0 saturated carbocycles. The summed E-state index contributed by atoms with van der Waals surface area (Å²) < 4.78 is 13.5. The maximum absolute atomic E-state index is 13.5. The van der Waals surface area contributed by atoms with Gasteiger partial charge in [-0.15, -0.1) is 0 Å².